The SMILES string of the molecule is COc1cc(OC)c(F)c(N2Cc3cnc4c(cc(C=O)n4S(=O)(=O)c4ccccc4)c3N(C)C2=O)c1. The molecule has 2 aromatic heterocycles. The molecule has 0 saturated carbocycles. The standard InChI is InChI=1S/C25H21FN4O6S/c1-28-23-15(13-29(25(28)32)20-10-17(35-2)11-21(36-3)22(20)26)12-27-24-19(23)9-16(14-31)30(24)37(33,34)18-7-5-4-6-8-18/h4-12,14H,13H2,1-3H3. The van der Waals surface area contributed by atoms with Gasteiger partial charge in [-0.1, -0.05) is 18.2 Å². The smallest absolute Gasteiger partial charge is 0.329 e. The second kappa shape index (κ2) is 8.89. The number of rotatable bonds is 6. The molecule has 0 saturated heterocycles. The van der Waals surface area contributed by atoms with Gasteiger partial charge in [0.2, 0.25) is 0 Å². The lowest BCUT2D eigenvalue weighted by Crippen LogP contribution is -2.45. The second-order valence-electron chi connectivity index (χ2n) is 8.23. The van der Waals surface area contributed by atoms with Gasteiger partial charge >= 0.3 is 6.03 Å². The summed E-state index contributed by atoms with van der Waals surface area (Å²) in [6, 6.07) is 11.2. The predicted octanol–water partition coefficient (Wildman–Crippen LogP) is 3.82. The van der Waals surface area contributed by atoms with Crippen molar-refractivity contribution in [2.24, 2.45) is 0 Å². The zero-order chi connectivity index (χ0) is 26.5. The van der Waals surface area contributed by atoms with Crippen LogP contribution in [-0.4, -0.2) is 51.0 Å². The number of carbonyl (C=O) groups is 2. The molecule has 0 spiro atoms. The molecule has 2 amide bonds. The number of benzene rings is 2. The fraction of sp³-hybridized carbons (Fsp3) is 0.160. The minimum absolute atomic E-state index is 0.00738. The number of anilines is 2. The van der Waals surface area contributed by atoms with Gasteiger partial charge < -0.3 is 9.47 Å². The first kappa shape index (κ1) is 24.3. The molecule has 0 fully saturated rings. The quantitative estimate of drug-likeness (QED) is 0.353. The lowest BCUT2D eigenvalue weighted by atomic mass is 10.1. The largest absolute Gasteiger partial charge is 0.497 e. The van der Waals surface area contributed by atoms with Crippen LogP contribution in [0.5, 0.6) is 11.5 Å². The molecule has 1 aliphatic heterocycles. The molecular weight excluding hydrogens is 503 g/mol. The molecule has 0 atom stereocenters. The molecule has 0 radical (unpaired) electrons. The molecule has 190 valence electrons. The van der Waals surface area contributed by atoms with Crippen molar-refractivity contribution >= 4 is 44.7 Å². The van der Waals surface area contributed by atoms with E-state index in [1.165, 1.54) is 67.6 Å². The van der Waals surface area contributed by atoms with Crippen molar-refractivity contribution in [2.75, 3.05) is 31.1 Å². The Morgan fingerprint density at radius 3 is 2.46 bits per heavy atom. The Morgan fingerprint density at radius 1 is 1.08 bits per heavy atom. The van der Waals surface area contributed by atoms with Crippen LogP contribution >= 0.6 is 0 Å². The third kappa shape index (κ3) is 3.68. The van der Waals surface area contributed by atoms with Crippen LogP contribution in [0.3, 0.4) is 0 Å². The molecule has 3 heterocycles. The Bertz CT molecular complexity index is 1670. The zero-order valence-electron chi connectivity index (χ0n) is 20.0. The highest BCUT2D eigenvalue weighted by atomic mass is 32.2. The Balaban J connectivity index is 1.69. The van der Waals surface area contributed by atoms with Gasteiger partial charge in [0.05, 0.1) is 42.7 Å². The van der Waals surface area contributed by atoms with E-state index >= 15 is 4.39 Å². The molecule has 2 aromatic carbocycles. The maximum absolute atomic E-state index is 15.2. The van der Waals surface area contributed by atoms with Crippen LogP contribution in [0.25, 0.3) is 11.0 Å². The van der Waals surface area contributed by atoms with Gasteiger partial charge in [0.25, 0.3) is 10.0 Å². The normalized spacial score (nSPS) is 13.6. The van der Waals surface area contributed by atoms with Gasteiger partial charge in [-0.15, -0.1) is 0 Å². The number of aromatic nitrogens is 2. The van der Waals surface area contributed by atoms with Crippen molar-refractivity contribution < 1.29 is 31.9 Å². The number of hydrogen-bond acceptors (Lipinski definition) is 7. The summed E-state index contributed by atoms with van der Waals surface area (Å²) < 4.78 is 53.2. The number of nitrogens with zero attached hydrogens (tertiary/aromatic N) is 4. The molecule has 10 nitrogen and oxygen atoms in total. The number of halogens is 1. The average Bonchev–Trinajstić information content (AvgIpc) is 3.31. The molecule has 37 heavy (non-hydrogen) atoms. The van der Waals surface area contributed by atoms with Gasteiger partial charge in [-0.3, -0.25) is 14.6 Å². The van der Waals surface area contributed by atoms with E-state index < -0.39 is 21.9 Å². The van der Waals surface area contributed by atoms with Gasteiger partial charge in [0, 0.05) is 36.3 Å². The van der Waals surface area contributed by atoms with Gasteiger partial charge in [0.15, 0.2) is 23.5 Å². The number of amides is 2. The predicted molar refractivity (Wildman–Crippen MR) is 134 cm³/mol. The number of fused-ring (bicyclic) bond motifs is 3. The summed E-state index contributed by atoms with van der Waals surface area (Å²) in [5, 5.41) is 0.290. The number of methoxy groups -OCH3 is 2. The highest BCUT2D eigenvalue weighted by Gasteiger charge is 2.35. The van der Waals surface area contributed by atoms with Crippen molar-refractivity contribution in [2.45, 2.75) is 11.4 Å². The molecule has 4 aromatic rings. The Morgan fingerprint density at radius 2 is 1.81 bits per heavy atom. The van der Waals surface area contributed by atoms with E-state index in [1.54, 1.807) is 18.2 Å². The number of aldehydes is 1. The van der Waals surface area contributed by atoms with Crippen LogP contribution in [0.15, 0.2) is 59.6 Å². The first-order chi connectivity index (χ1) is 17.7. The van der Waals surface area contributed by atoms with Crippen molar-refractivity contribution in [3.63, 3.8) is 0 Å². The molecule has 0 N–H and O–H groups in total. The Labute approximate surface area is 211 Å². The minimum Gasteiger partial charge on any atom is -0.497 e. The van der Waals surface area contributed by atoms with Crippen LogP contribution in [0.4, 0.5) is 20.6 Å². The molecule has 0 aliphatic carbocycles. The first-order valence-corrected chi connectivity index (χ1v) is 12.4. The highest BCUT2D eigenvalue weighted by Crippen LogP contribution is 2.40. The van der Waals surface area contributed by atoms with Crippen LogP contribution < -0.4 is 19.3 Å². The fourth-order valence-electron chi connectivity index (χ4n) is 4.44. The maximum atomic E-state index is 15.2. The summed E-state index contributed by atoms with van der Waals surface area (Å²) >= 11 is 0. The third-order valence-electron chi connectivity index (χ3n) is 6.19. The second-order valence-corrected chi connectivity index (χ2v) is 10.0. The van der Waals surface area contributed by atoms with Crippen molar-refractivity contribution in [1.29, 1.82) is 0 Å². The monoisotopic (exact) mass is 524 g/mol. The summed E-state index contributed by atoms with van der Waals surface area (Å²) in [5.41, 5.74) is 0.671. The molecule has 5 rings (SSSR count). The van der Waals surface area contributed by atoms with Crippen LogP contribution in [0.2, 0.25) is 0 Å². The van der Waals surface area contributed by atoms with E-state index in [1.807, 2.05) is 0 Å². The van der Waals surface area contributed by atoms with E-state index in [0.717, 1.165) is 3.97 Å². The molecule has 1 aliphatic rings. The number of carbonyl (C=O) groups excluding carboxylic acids is 2. The summed E-state index contributed by atoms with van der Waals surface area (Å²) in [5.74, 6) is -0.546. The Kier molecular flexibility index (Phi) is 5.83. The molecule has 0 unspecified atom stereocenters. The van der Waals surface area contributed by atoms with Gasteiger partial charge in [0.1, 0.15) is 5.75 Å². The highest BCUT2D eigenvalue weighted by molar-refractivity contribution is 7.90. The Hall–Kier alpha value is -4.45. The number of pyridine rings is 1. The van der Waals surface area contributed by atoms with Crippen LogP contribution in [-0.2, 0) is 16.6 Å². The molecule has 12 heteroatoms. The summed E-state index contributed by atoms with van der Waals surface area (Å²) in [6.07, 6.45) is 1.83. The number of hydrogen-bond donors (Lipinski definition) is 0. The number of ether oxygens (including phenoxy) is 2. The third-order valence-corrected chi connectivity index (χ3v) is 7.92. The summed E-state index contributed by atoms with van der Waals surface area (Å²) in [6.45, 7) is -0.0677. The first-order valence-electron chi connectivity index (χ1n) is 11.0. The van der Waals surface area contributed by atoms with Crippen molar-refractivity contribution in [1.82, 2.24) is 8.96 Å². The lowest BCUT2D eigenvalue weighted by Gasteiger charge is -2.35. The minimum atomic E-state index is -4.17. The summed E-state index contributed by atoms with van der Waals surface area (Å²) in [7, 11) is 0.0303. The van der Waals surface area contributed by atoms with E-state index in [0.29, 0.717) is 28.7 Å². The van der Waals surface area contributed by atoms with Gasteiger partial charge in [-0.25, -0.2) is 26.6 Å². The molecule has 0 bridgehead atoms. The summed E-state index contributed by atoms with van der Waals surface area (Å²) in [4.78, 5) is 32.2. The zero-order valence-corrected chi connectivity index (χ0v) is 20.8. The van der Waals surface area contributed by atoms with Crippen molar-refractivity contribution in [3.05, 3.63) is 71.8 Å². The van der Waals surface area contributed by atoms with Gasteiger partial charge in [-0.05, 0) is 18.2 Å². The van der Waals surface area contributed by atoms with Gasteiger partial charge in [-0.2, -0.15) is 0 Å². The van der Waals surface area contributed by atoms with Crippen LogP contribution in [0.1, 0.15) is 16.1 Å². The maximum Gasteiger partial charge on any atom is 0.329 e. The van der Waals surface area contributed by atoms with Crippen LogP contribution in [0, 0.1) is 5.82 Å². The van der Waals surface area contributed by atoms with E-state index in [9.17, 15) is 18.0 Å². The van der Waals surface area contributed by atoms with E-state index in [4.69, 9.17) is 9.47 Å². The van der Waals surface area contributed by atoms with Crippen molar-refractivity contribution in [3.8, 4) is 11.5 Å². The fourth-order valence-corrected chi connectivity index (χ4v) is 5.90. The molecular formula is C25H21FN4O6S. The lowest BCUT2D eigenvalue weighted by molar-refractivity contribution is 0.111. The number of urea groups is 1. The van der Waals surface area contributed by atoms with E-state index in [-0.39, 0.29) is 34.2 Å². The van der Waals surface area contributed by atoms with E-state index in [2.05, 4.69) is 4.98 Å². The average molecular weight is 525 g/mol. The topological polar surface area (TPSA) is 111 Å².